The lowest BCUT2D eigenvalue weighted by atomic mass is 10.0. The molecule has 144 valence electrons. The van der Waals surface area contributed by atoms with E-state index in [0.29, 0.717) is 13.2 Å². The van der Waals surface area contributed by atoms with Crippen LogP contribution < -0.4 is 15.4 Å². The molecule has 0 amide bonds. The number of para-hydroxylation sites is 1. The molecule has 6 heteroatoms. The van der Waals surface area contributed by atoms with Crippen LogP contribution in [0, 0.1) is 5.82 Å². The molecule has 2 aromatic rings. The van der Waals surface area contributed by atoms with Gasteiger partial charge in [0, 0.05) is 25.6 Å². The standard InChI is InChI=1S/C21H26FN3O2/c1-3-23-21(24-14-20(26-2)15-8-10-16(22)11-9-15)25-18-12-13-27-19-7-5-4-6-17(18)19/h4-11,18,20H,3,12-14H2,1-2H3,(H2,23,24,25). The highest BCUT2D eigenvalue weighted by molar-refractivity contribution is 5.80. The van der Waals surface area contributed by atoms with Gasteiger partial charge in [0.05, 0.1) is 19.2 Å². The average Bonchev–Trinajstić information content (AvgIpc) is 2.70. The molecular weight excluding hydrogens is 345 g/mol. The number of fused-ring (bicyclic) bond motifs is 1. The predicted molar refractivity (Wildman–Crippen MR) is 105 cm³/mol. The number of aliphatic imine (C=N–C) groups is 1. The Balaban J connectivity index is 1.72. The van der Waals surface area contributed by atoms with E-state index in [1.54, 1.807) is 19.2 Å². The molecule has 2 unspecified atom stereocenters. The van der Waals surface area contributed by atoms with E-state index in [2.05, 4.69) is 21.7 Å². The summed E-state index contributed by atoms with van der Waals surface area (Å²) in [5.41, 5.74) is 2.03. The third-order valence-electron chi connectivity index (χ3n) is 4.56. The van der Waals surface area contributed by atoms with Crippen LogP contribution in [-0.4, -0.2) is 32.8 Å². The van der Waals surface area contributed by atoms with E-state index in [9.17, 15) is 4.39 Å². The molecule has 1 heterocycles. The van der Waals surface area contributed by atoms with Crippen LogP contribution in [-0.2, 0) is 4.74 Å². The highest BCUT2D eigenvalue weighted by Gasteiger charge is 2.22. The largest absolute Gasteiger partial charge is 0.493 e. The molecule has 0 bridgehead atoms. The molecule has 0 aliphatic carbocycles. The van der Waals surface area contributed by atoms with Crippen molar-refractivity contribution in [2.75, 3.05) is 26.8 Å². The molecule has 0 radical (unpaired) electrons. The summed E-state index contributed by atoms with van der Waals surface area (Å²) in [6, 6.07) is 14.5. The van der Waals surface area contributed by atoms with Crippen LogP contribution >= 0.6 is 0 Å². The van der Waals surface area contributed by atoms with Crippen LogP contribution in [0.2, 0.25) is 0 Å². The van der Waals surface area contributed by atoms with Gasteiger partial charge in [-0.2, -0.15) is 0 Å². The molecule has 5 nitrogen and oxygen atoms in total. The van der Waals surface area contributed by atoms with Crippen molar-refractivity contribution in [2.45, 2.75) is 25.5 Å². The second-order valence-electron chi connectivity index (χ2n) is 6.37. The molecule has 0 saturated carbocycles. The maximum Gasteiger partial charge on any atom is 0.191 e. The number of benzene rings is 2. The van der Waals surface area contributed by atoms with Crippen molar-refractivity contribution in [1.29, 1.82) is 0 Å². The number of hydrogen-bond acceptors (Lipinski definition) is 3. The molecule has 1 aliphatic heterocycles. The van der Waals surface area contributed by atoms with Crippen molar-refractivity contribution < 1.29 is 13.9 Å². The van der Waals surface area contributed by atoms with Gasteiger partial charge in [-0.3, -0.25) is 4.99 Å². The maximum atomic E-state index is 13.2. The minimum absolute atomic E-state index is 0.138. The number of methoxy groups -OCH3 is 1. The quantitative estimate of drug-likeness (QED) is 0.602. The van der Waals surface area contributed by atoms with Gasteiger partial charge in [0.1, 0.15) is 17.7 Å². The van der Waals surface area contributed by atoms with Gasteiger partial charge in [-0.05, 0) is 30.7 Å². The van der Waals surface area contributed by atoms with Crippen LogP contribution in [0.3, 0.4) is 0 Å². The van der Waals surface area contributed by atoms with Gasteiger partial charge in [0.2, 0.25) is 0 Å². The second-order valence-corrected chi connectivity index (χ2v) is 6.37. The minimum Gasteiger partial charge on any atom is -0.493 e. The number of guanidine groups is 1. The van der Waals surface area contributed by atoms with Crippen LogP contribution in [0.5, 0.6) is 5.75 Å². The van der Waals surface area contributed by atoms with E-state index in [1.807, 2.05) is 25.1 Å². The zero-order valence-electron chi connectivity index (χ0n) is 15.7. The summed E-state index contributed by atoms with van der Waals surface area (Å²) in [6.45, 7) is 3.89. The van der Waals surface area contributed by atoms with Gasteiger partial charge in [0.15, 0.2) is 5.96 Å². The van der Waals surface area contributed by atoms with Crippen molar-refractivity contribution in [1.82, 2.24) is 10.6 Å². The average molecular weight is 371 g/mol. The summed E-state index contributed by atoms with van der Waals surface area (Å²) >= 11 is 0. The first-order chi connectivity index (χ1) is 13.2. The van der Waals surface area contributed by atoms with Gasteiger partial charge in [-0.25, -0.2) is 4.39 Å². The van der Waals surface area contributed by atoms with Crippen LogP contribution in [0.15, 0.2) is 53.5 Å². The zero-order valence-corrected chi connectivity index (χ0v) is 15.7. The number of nitrogens with one attached hydrogen (secondary N) is 2. The SMILES string of the molecule is CCNC(=NCC(OC)c1ccc(F)cc1)NC1CCOc2ccccc21. The lowest BCUT2D eigenvalue weighted by Crippen LogP contribution is -2.41. The molecular formula is C21H26FN3O2. The summed E-state index contributed by atoms with van der Waals surface area (Å²) in [6.07, 6.45) is 0.635. The van der Waals surface area contributed by atoms with E-state index in [0.717, 1.165) is 35.8 Å². The van der Waals surface area contributed by atoms with Crippen molar-refractivity contribution >= 4 is 5.96 Å². The van der Waals surface area contributed by atoms with E-state index >= 15 is 0 Å². The Hall–Kier alpha value is -2.60. The Bertz CT molecular complexity index is 764. The molecule has 27 heavy (non-hydrogen) atoms. The number of hydrogen-bond donors (Lipinski definition) is 2. The van der Waals surface area contributed by atoms with E-state index in [-0.39, 0.29) is 18.0 Å². The first-order valence-electron chi connectivity index (χ1n) is 9.26. The Morgan fingerprint density at radius 3 is 2.78 bits per heavy atom. The summed E-state index contributed by atoms with van der Waals surface area (Å²) in [4.78, 5) is 4.69. The molecule has 0 aromatic heterocycles. The van der Waals surface area contributed by atoms with Gasteiger partial charge in [-0.15, -0.1) is 0 Å². The molecule has 0 saturated heterocycles. The van der Waals surface area contributed by atoms with Crippen LogP contribution in [0.1, 0.15) is 36.6 Å². The monoisotopic (exact) mass is 371 g/mol. The number of ether oxygens (including phenoxy) is 2. The fourth-order valence-corrected chi connectivity index (χ4v) is 3.14. The fourth-order valence-electron chi connectivity index (χ4n) is 3.14. The minimum atomic E-state index is -0.259. The van der Waals surface area contributed by atoms with Crippen LogP contribution in [0.25, 0.3) is 0 Å². The maximum absolute atomic E-state index is 13.2. The van der Waals surface area contributed by atoms with Crippen molar-refractivity contribution in [3.8, 4) is 5.75 Å². The highest BCUT2D eigenvalue weighted by atomic mass is 19.1. The summed E-state index contributed by atoms with van der Waals surface area (Å²) in [5, 5.41) is 6.78. The molecule has 1 aliphatic rings. The first kappa shape index (κ1) is 19.2. The van der Waals surface area contributed by atoms with E-state index < -0.39 is 0 Å². The summed E-state index contributed by atoms with van der Waals surface area (Å²) in [5.74, 6) is 1.38. The molecule has 2 N–H and O–H groups in total. The third kappa shape index (κ3) is 4.98. The lowest BCUT2D eigenvalue weighted by molar-refractivity contribution is 0.111. The van der Waals surface area contributed by atoms with Crippen molar-refractivity contribution in [3.63, 3.8) is 0 Å². The normalized spacial score (nSPS) is 17.6. The van der Waals surface area contributed by atoms with Crippen molar-refractivity contribution in [2.24, 2.45) is 4.99 Å². The summed E-state index contributed by atoms with van der Waals surface area (Å²) < 4.78 is 24.4. The van der Waals surface area contributed by atoms with Gasteiger partial charge < -0.3 is 20.1 Å². The van der Waals surface area contributed by atoms with Gasteiger partial charge in [-0.1, -0.05) is 30.3 Å². The first-order valence-corrected chi connectivity index (χ1v) is 9.26. The molecule has 2 atom stereocenters. The van der Waals surface area contributed by atoms with Crippen molar-refractivity contribution in [3.05, 3.63) is 65.5 Å². The topological polar surface area (TPSA) is 54.9 Å². The number of halogens is 1. The Morgan fingerprint density at radius 2 is 2.04 bits per heavy atom. The summed E-state index contributed by atoms with van der Waals surface area (Å²) in [7, 11) is 1.64. The Kier molecular flexibility index (Phi) is 6.65. The Labute approximate surface area is 159 Å². The molecule has 0 spiro atoms. The van der Waals surface area contributed by atoms with E-state index in [1.165, 1.54) is 12.1 Å². The molecule has 3 rings (SSSR count). The number of nitrogens with zero attached hydrogens (tertiary/aromatic N) is 1. The second kappa shape index (κ2) is 9.37. The zero-order chi connectivity index (χ0) is 19.1. The van der Waals surface area contributed by atoms with Gasteiger partial charge in [0.25, 0.3) is 0 Å². The highest BCUT2D eigenvalue weighted by Crippen LogP contribution is 2.31. The smallest absolute Gasteiger partial charge is 0.191 e. The Morgan fingerprint density at radius 1 is 1.26 bits per heavy atom. The molecule has 0 fully saturated rings. The number of rotatable bonds is 6. The molecule has 2 aromatic carbocycles. The van der Waals surface area contributed by atoms with Gasteiger partial charge >= 0.3 is 0 Å². The predicted octanol–water partition coefficient (Wildman–Crippen LogP) is 3.59. The van der Waals surface area contributed by atoms with E-state index in [4.69, 9.17) is 9.47 Å². The van der Waals surface area contributed by atoms with Crippen LogP contribution in [0.4, 0.5) is 4.39 Å². The lowest BCUT2D eigenvalue weighted by Gasteiger charge is -2.28. The fraction of sp³-hybridized carbons (Fsp3) is 0.381. The third-order valence-corrected chi connectivity index (χ3v) is 4.56.